The number of halogens is 2. The van der Waals surface area contributed by atoms with E-state index in [1.54, 1.807) is 7.11 Å². The van der Waals surface area contributed by atoms with E-state index in [4.69, 9.17) is 21.1 Å². The first-order valence-corrected chi connectivity index (χ1v) is 8.35. The normalized spacial score (nSPS) is 11.5. The monoisotopic (exact) mass is 379 g/mol. The molecule has 2 rings (SSSR count). The molecule has 1 amide bonds. The molecule has 0 fully saturated rings. The van der Waals surface area contributed by atoms with Crippen LogP contribution < -0.4 is 10.1 Å². The van der Waals surface area contributed by atoms with Crippen LogP contribution in [0.25, 0.3) is 0 Å². The SMILES string of the molecule is COc1ccc(CCNC(=O)C(C)OC(=O)c2c(F)cccc2Cl)cc1. The maximum absolute atomic E-state index is 13.7. The third-order valence-electron chi connectivity index (χ3n) is 3.69. The number of ether oxygens (including phenoxy) is 2. The van der Waals surface area contributed by atoms with E-state index >= 15 is 0 Å². The number of esters is 1. The van der Waals surface area contributed by atoms with Crippen LogP contribution in [0, 0.1) is 5.82 Å². The Labute approximate surface area is 156 Å². The van der Waals surface area contributed by atoms with Crippen molar-refractivity contribution in [1.29, 1.82) is 0 Å². The van der Waals surface area contributed by atoms with Gasteiger partial charge in [-0.3, -0.25) is 4.79 Å². The highest BCUT2D eigenvalue weighted by atomic mass is 35.5. The lowest BCUT2D eigenvalue weighted by molar-refractivity contribution is -0.129. The van der Waals surface area contributed by atoms with Gasteiger partial charge in [-0.25, -0.2) is 9.18 Å². The van der Waals surface area contributed by atoms with E-state index in [1.807, 2.05) is 24.3 Å². The first-order chi connectivity index (χ1) is 12.4. The van der Waals surface area contributed by atoms with Gasteiger partial charge in [0.05, 0.1) is 12.1 Å². The van der Waals surface area contributed by atoms with Gasteiger partial charge in [0.15, 0.2) is 6.10 Å². The van der Waals surface area contributed by atoms with Crippen molar-refractivity contribution in [2.75, 3.05) is 13.7 Å². The Morgan fingerprint density at radius 3 is 2.50 bits per heavy atom. The van der Waals surface area contributed by atoms with Crippen molar-refractivity contribution in [3.8, 4) is 5.75 Å². The number of benzene rings is 2. The highest BCUT2D eigenvalue weighted by molar-refractivity contribution is 6.33. The van der Waals surface area contributed by atoms with Crippen LogP contribution in [0.5, 0.6) is 5.75 Å². The summed E-state index contributed by atoms with van der Waals surface area (Å²) in [7, 11) is 1.59. The Morgan fingerprint density at radius 2 is 1.88 bits per heavy atom. The molecule has 2 aromatic rings. The average molecular weight is 380 g/mol. The number of amides is 1. The summed E-state index contributed by atoms with van der Waals surface area (Å²) in [6.07, 6.45) is -0.468. The molecule has 0 saturated heterocycles. The van der Waals surface area contributed by atoms with Gasteiger partial charge < -0.3 is 14.8 Å². The van der Waals surface area contributed by atoms with E-state index in [0.29, 0.717) is 13.0 Å². The molecule has 0 aliphatic rings. The second kappa shape index (κ2) is 9.20. The molecule has 26 heavy (non-hydrogen) atoms. The molecule has 2 aromatic carbocycles. The zero-order chi connectivity index (χ0) is 19.1. The Kier molecular flexibility index (Phi) is 6.97. The Bertz CT molecular complexity index is 759. The van der Waals surface area contributed by atoms with Gasteiger partial charge in [0, 0.05) is 6.54 Å². The van der Waals surface area contributed by atoms with E-state index in [2.05, 4.69) is 5.32 Å². The van der Waals surface area contributed by atoms with E-state index in [-0.39, 0.29) is 10.6 Å². The first-order valence-electron chi connectivity index (χ1n) is 7.98. The fraction of sp³-hybridized carbons (Fsp3) is 0.263. The van der Waals surface area contributed by atoms with Gasteiger partial charge in [-0.2, -0.15) is 0 Å². The number of carbonyl (C=O) groups is 2. The van der Waals surface area contributed by atoms with Crippen LogP contribution in [0.15, 0.2) is 42.5 Å². The molecule has 0 heterocycles. The molecule has 0 radical (unpaired) electrons. The lowest BCUT2D eigenvalue weighted by Gasteiger charge is -2.14. The van der Waals surface area contributed by atoms with Crippen LogP contribution in [0.4, 0.5) is 4.39 Å². The fourth-order valence-electron chi connectivity index (χ4n) is 2.23. The molecule has 0 bridgehead atoms. The maximum atomic E-state index is 13.7. The number of rotatable bonds is 7. The van der Waals surface area contributed by atoms with Crippen LogP contribution in [0.2, 0.25) is 5.02 Å². The molecule has 5 nitrogen and oxygen atoms in total. The second-order valence-corrected chi connectivity index (χ2v) is 5.94. The fourth-order valence-corrected chi connectivity index (χ4v) is 2.47. The van der Waals surface area contributed by atoms with Crippen LogP contribution in [0.1, 0.15) is 22.8 Å². The predicted molar refractivity (Wildman–Crippen MR) is 96.0 cm³/mol. The number of nitrogens with one attached hydrogen (secondary N) is 1. The number of carbonyl (C=O) groups excluding carboxylic acids is 2. The molecule has 0 aromatic heterocycles. The van der Waals surface area contributed by atoms with Crippen molar-refractivity contribution in [1.82, 2.24) is 5.32 Å². The van der Waals surface area contributed by atoms with Gasteiger partial charge in [0.1, 0.15) is 17.1 Å². The van der Waals surface area contributed by atoms with Gasteiger partial charge in [-0.1, -0.05) is 29.8 Å². The summed E-state index contributed by atoms with van der Waals surface area (Å²) >= 11 is 5.81. The molecule has 1 N–H and O–H groups in total. The summed E-state index contributed by atoms with van der Waals surface area (Å²) in [5.41, 5.74) is 0.640. The van der Waals surface area contributed by atoms with Crippen LogP contribution in [0.3, 0.4) is 0 Å². The summed E-state index contributed by atoms with van der Waals surface area (Å²) in [5.74, 6) is -1.50. The minimum atomic E-state index is -1.07. The van der Waals surface area contributed by atoms with Gasteiger partial charge in [0.25, 0.3) is 5.91 Å². The topological polar surface area (TPSA) is 64.6 Å². The third kappa shape index (κ3) is 5.20. The zero-order valence-corrected chi connectivity index (χ0v) is 15.2. The van der Waals surface area contributed by atoms with Gasteiger partial charge in [-0.05, 0) is 43.2 Å². The Balaban J connectivity index is 1.84. The standard InChI is InChI=1S/C19H19ClFNO4/c1-12(26-19(24)17-15(20)4-3-5-16(17)21)18(23)22-11-10-13-6-8-14(25-2)9-7-13/h3-9,12H,10-11H2,1-2H3,(H,22,23). The molecule has 0 aliphatic heterocycles. The van der Waals surface area contributed by atoms with Crippen LogP contribution >= 0.6 is 11.6 Å². The minimum absolute atomic E-state index is 0.0675. The largest absolute Gasteiger partial charge is 0.497 e. The predicted octanol–water partition coefficient (Wildman–Crippen LogP) is 3.39. The van der Waals surface area contributed by atoms with Crippen LogP contribution in [-0.4, -0.2) is 31.6 Å². The zero-order valence-electron chi connectivity index (χ0n) is 14.4. The van der Waals surface area contributed by atoms with E-state index in [0.717, 1.165) is 17.4 Å². The number of hydrogen-bond acceptors (Lipinski definition) is 4. The smallest absolute Gasteiger partial charge is 0.343 e. The van der Waals surface area contributed by atoms with E-state index in [1.165, 1.54) is 19.1 Å². The highest BCUT2D eigenvalue weighted by Gasteiger charge is 2.22. The van der Waals surface area contributed by atoms with Crippen molar-refractivity contribution in [2.24, 2.45) is 0 Å². The van der Waals surface area contributed by atoms with E-state index in [9.17, 15) is 14.0 Å². The Morgan fingerprint density at radius 1 is 1.19 bits per heavy atom. The lowest BCUT2D eigenvalue weighted by Crippen LogP contribution is -2.37. The highest BCUT2D eigenvalue weighted by Crippen LogP contribution is 2.20. The molecule has 0 spiro atoms. The lowest BCUT2D eigenvalue weighted by atomic mass is 10.1. The maximum Gasteiger partial charge on any atom is 0.343 e. The molecule has 1 unspecified atom stereocenters. The molecular formula is C19H19ClFNO4. The van der Waals surface area contributed by atoms with Crippen molar-refractivity contribution in [3.05, 3.63) is 64.4 Å². The molecule has 1 atom stereocenters. The Hall–Kier alpha value is -2.60. The van der Waals surface area contributed by atoms with Gasteiger partial charge in [-0.15, -0.1) is 0 Å². The molecule has 0 aliphatic carbocycles. The molecule has 0 saturated carbocycles. The number of methoxy groups -OCH3 is 1. The van der Waals surface area contributed by atoms with Gasteiger partial charge >= 0.3 is 5.97 Å². The second-order valence-electron chi connectivity index (χ2n) is 5.53. The third-order valence-corrected chi connectivity index (χ3v) is 4.01. The summed E-state index contributed by atoms with van der Waals surface area (Å²) in [6, 6.07) is 11.3. The van der Waals surface area contributed by atoms with Crippen molar-refractivity contribution < 1.29 is 23.5 Å². The minimum Gasteiger partial charge on any atom is -0.497 e. The molecule has 138 valence electrons. The van der Waals surface area contributed by atoms with Gasteiger partial charge in [0.2, 0.25) is 0 Å². The van der Waals surface area contributed by atoms with Crippen molar-refractivity contribution >= 4 is 23.5 Å². The number of hydrogen-bond donors (Lipinski definition) is 1. The quantitative estimate of drug-likeness (QED) is 0.749. The molecule has 7 heteroatoms. The summed E-state index contributed by atoms with van der Waals surface area (Å²) < 4.78 is 23.8. The van der Waals surface area contributed by atoms with Crippen molar-refractivity contribution in [3.63, 3.8) is 0 Å². The van der Waals surface area contributed by atoms with E-state index < -0.39 is 23.8 Å². The first kappa shape index (κ1) is 19.7. The summed E-state index contributed by atoms with van der Waals surface area (Å²) in [6.45, 7) is 1.78. The van der Waals surface area contributed by atoms with Crippen molar-refractivity contribution in [2.45, 2.75) is 19.4 Å². The summed E-state index contributed by atoms with van der Waals surface area (Å²) in [4.78, 5) is 24.1. The van der Waals surface area contributed by atoms with Crippen LogP contribution in [-0.2, 0) is 16.0 Å². The molecular weight excluding hydrogens is 361 g/mol. The summed E-state index contributed by atoms with van der Waals surface area (Å²) in [5, 5.41) is 2.60. The average Bonchev–Trinajstić information content (AvgIpc) is 2.62.